The highest BCUT2D eigenvalue weighted by atomic mass is 16.7. The molecule has 0 spiro atoms. The molecule has 5 nitrogen and oxygen atoms in total. The first-order chi connectivity index (χ1) is 9.61. The van der Waals surface area contributed by atoms with E-state index in [1.54, 1.807) is 0 Å². The molecule has 0 aliphatic carbocycles. The summed E-state index contributed by atoms with van der Waals surface area (Å²) >= 11 is 0. The number of carbonyl (C=O) groups excluding carboxylic acids is 2. The lowest BCUT2D eigenvalue weighted by Gasteiger charge is -2.40. The number of benzene rings is 1. The number of nitrogens with zero attached hydrogens (tertiary/aromatic N) is 1. The zero-order valence-electron chi connectivity index (χ0n) is 11.7. The predicted octanol–water partition coefficient (Wildman–Crippen LogP) is 1.92. The van der Waals surface area contributed by atoms with Crippen molar-refractivity contribution in [2.45, 2.75) is 33.0 Å². The molecule has 0 saturated carbocycles. The summed E-state index contributed by atoms with van der Waals surface area (Å²) in [4.78, 5) is 28.4. The van der Waals surface area contributed by atoms with Crippen LogP contribution in [0.4, 0.5) is 0 Å². The molecule has 0 radical (unpaired) electrons. The van der Waals surface area contributed by atoms with Gasteiger partial charge in [0.1, 0.15) is 12.7 Å². The third-order valence-corrected chi connectivity index (χ3v) is 3.32. The number of hydrogen-bond acceptors (Lipinski definition) is 4. The van der Waals surface area contributed by atoms with Gasteiger partial charge < -0.3 is 4.74 Å². The summed E-state index contributed by atoms with van der Waals surface area (Å²) in [5.74, 6) is -0.748. The molecule has 0 aromatic heterocycles. The van der Waals surface area contributed by atoms with Crippen LogP contribution >= 0.6 is 0 Å². The van der Waals surface area contributed by atoms with E-state index in [-0.39, 0.29) is 23.9 Å². The standard InChI is InChI=1S/C15H19NO4/c1-3-14(20-11(2)17)13-9-16(15(13)18)19-10-12-7-5-4-6-8-12/h4-8,13-14H,3,9-10H2,1-2H3/t13-,14+/m0/s1. The van der Waals surface area contributed by atoms with Gasteiger partial charge in [0.05, 0.1) is 12.5 Å². The smallest absolute Gasteiger partial charge is 0.302 e. The van der Waals surface area contributed by atoms with Crippen LogP contribution in [0.1, 0.15) is 25.8 Å². The normalized spacial score (nSPS) is 19.4. The summed E-state index contributed by atoms with van der Waals surface area (Å²) in [6, 6.07) is 9.66. The van der Waals surface area contributed by atoms with Crippen molar-refractivity contribution in [1.29, 1.82) is 0 Å². The van der Waals surface area contributed by atoms with Crippen LogP contribution in [-0.2, 0) is 25.8 Å². The van der Waals surface area contributed by atoms with Gasteiger partial charge in [0.25, 0.3) is 5.91 Å². The maximum atomic E-state index is 12.0. The molecule has 1 saturated heterocycles. The van der Waals surface area contributed by atoms with Gasteiger partial charge in [-0.15, -0.1) is 0 Å². The predicted molar refractivity (Wildman–Crippen MR) is 72.3 cm³/mol. The molecule has 1 aromatic rings. The zero-order valence-corrected chi connectivity index (χ0v) is 11.7. The molecule has 108 valence electrons. The van der Waals surface area contributed by atoms with E-state index in [9.17, 15) is 9.59 Å². The Balaban J connectivity index is 1.81. The fourth-order valence-electron chi connectivity index (χ4n) is 2.20. The summed E-state index contributed by atoms with van der Waals surface area (Å²) in [6.07, 6.45) is 0.277. The Hall–Kier alpha value is -1.88. The summed E-state index contributed by atoms with van der Waals surface area (Å²) in [6.45, 7) is 4.09. The van der Waals surface area contributed by atoms with Crippen molar-refractivity contribution in [1.82, 2.24) is 5.06 Å². The molecule has 1 amide bonds. The summed E-state index contributed by atoms with van der Waals surface area (Å²) in [5, 5.41) is 1.34. The maximum Gasteiger partial charge on any atom is 0.302 e. The fourth-order valence-corrected chi connectivity index (χ4v) is 2.20. The number of ether oxygens (including phenoxy) is 1. The molecule has 1 heterocycles. The number of hydrogen-bond donors (Lipinski definition) is 0. The van der Waals surface area contributed by atoms with Crippen molar-refractivity contribution in [3.05, 3.63) is 35.9 Å². The summed E-state index contributed by atoms with van der Waals surface area (Å²) < 4.78 is 5.14. The molecule has 5 heteroatoms. The minimum atomic E-state index is -0.353. The lowest BCUT2D eigenvalue weighted by Crippen LogP contribution is -2.57. The van der Waals surface area contributed by atoms with Crippen LogP contribution in [0.2, 0.25) is 0 Å². The molecule has 1 aromatic carbocycles. The fraction of sp³-hybridized carbons (Fsp3) is 0.467. The number of hydroxylamine groups is 2. The van der Waals surface area contributed by atoms with E-state index in [4.69, 9.17) is 9.57 Å². The van der Waals surface area contributed by atoms with E-state index in [1.807, 2.05) is 37.3 Å². The van der Waals surface area contributed by atoms with Crippen LogP contribution in [0, 0.1) is 5.92 Å². The van der Waals surface area contributed by atoms with Crippen molar-refractivity contribution < 1.29 is 19.2 Å². The number of esters is 1. The lowest BCUT2D eigenvalue weighted by atomic mass is 9.93. The van der Waals surface area contributed by atoms with Crippen molar-refractivity contribution >= 4 is 11.9 Å². The highest BCUT2D eigenvalue weighted by Crippen LogP contribution is 2.26. The molecule has 1 aliphatic heterocycles. The maximum absolute atomic E-state index is 12.0. The van der Waals surface area contributed by atoms with Gasteiger partial charge in [-0.2, -0.15) is 0 Å². The molecular formula is C15H19NO4. The van der Waals surface area contributed by atoms with Gasteiger partial charge >= 0.3 is 5.97 Å². The van der Waals surface area contributed by atoms with E-state index in [2.05, 4.69) is 0 Å². The highest BCUT2D eigenvalue weighted by molar-refractivity contribution is 5.84. The second-order valence-electron chi connectivity index (χ2n) is 4.82. The Morgan fingerprint density at radius 3 is 2.65 bits per heavy atom. The van der Waals surface area contributed by atoms with Crippen LogP contribution in [0.25, 0.3) is 0 Å². The third-order valence-electron chi connectivity index (χ3n) is 3.32. The second-order valence-corrected chi connectivity index (χ2v) is 4.82. The van der Waals surface area contributed by atoms with Crippen LogP contribution in [0.5, 0.6) is 0 Å². The van der Waals surface area contributed by atoms with E-state index in [1.165, 1.54) is 12.0 Å². The molecule has 0 N–H and O–H groups in total. The largest absolute Gasteiger partial charge is 0.462 e. The Labute approximate surface area is 118 Å². The molecule has 0 unspecified atom stereocenters. The molecular weight excluding hydrogens is 258 g/mol. The van der Waals surface area contributed by atoms with E-state index < -0.39 is 0 Å². The first-order valence-electron chi connectivity index (χ1n) is 6.77. The van der Waals surface area contributed by atoms with E-state index >= 15 is 0 Å². The van der Waals surface area contributed by atoms with Gasteiger partial charge in [0.15, 0.2) is 0 Å². The minimum Gasteiger partial charge on any atom is -0.462 e. The third kappa shape index (κ3) is 3.36. The van der Waals surface area contributed by atoms with Crippen molar-refractivity contribution in [2.75, 3.05) is 6.54 Å². The molecule has 2 atom stereocenters. The van der Waals surface area contributed by atoms with Gasteiger partial charge in [0.2, 0.25) is 0 Å². The number of amides is 1. The molecule has 0 bridgehead atoms. The lowest BCUT2D eigenvalue weighted by molar-refractivity contribution is -0.235. The van der Waals surface area contributed by atoms with Crippen LogP contribution in [0.3, 0.4) is 0 Å². The number of rotatable bonds is 6. The van der Waals surface area contributed by atoms with Crippen molar-refractivity contribution in [2.24, 2.45) is 5.92 Å². The molecule has 2 rings (SSSR count). The van der Waals surface area contributed by atoms with E-state index in [0.717, 1.165) is 5.56 Å². The van der Waals surface area contributed by atoms with Crippen LogP contribution < -0.4 is 0 Å². The summed E-state index contributed by atoms with van der Waals surface area (Å²) in [5.41, 5.74) is 1.01. The second kappa shape index (κ2) is 6.52. The number of carbonyl (C=O) groups is 2. The SMILES string of the molecule is CC[C@@H](OC(C)=O)[C@@H]1CN(OCc2ccccc2)C1=O. The quantitative estimate of drug-likeness (QED) is 0.589. The Morgan fingerprint density at radius 2 is 2.10 bits per heavy atom. The zero-order chi connectivity index (χ0) is 14.5. The van der Waals surface area contributed by atoms with Crippen LogP contribution in [0.15, 0.2) is 30.3 Å². The Kier molecular flexibility index (Phi) is 4.74. The average Bonchev–Trinajstić information content (AvgIpc) is 2.45. The molecule has 1 fully saturated rings. The summed E-state index contributed by atoms with van der Waals surface area (Å²) in [7, 11) is 0. The molecule has 20 heavy (non-hydrogen) atoms. The Bertz CT molecular complexity index is 474. The van der Waals surface area contributed by atoms with E-state index in [0.29, 0.717) is 19.6 Å². The first kappa shape index (κ1) is 14.5. The Morgan fingerprint density at radius 1 is 1.40 bits per heavy atom. The van der Waals surface area contributed by atoms with Gasteiger partial charge in [-0.1, -0.05) is 37.3 Å². The first-order valence-corrected chi connectivity index (χ1v) is 6.77. The average molecular weight is 277 g/mol. The van der Waals surface area contributed by atoms with Crippen LogP contribution in [-0.4, -0.2) is 29.6 Å². The van der Waals surface area contributed by atoms with Gasteiger partial charge in [-0.25, -0.2) is 5.06 Å². The topological polar surface area (TPSA) is 55.8 Å². The minimum absolute atomic E-state index is 0.117. The van der Waals surface area contributed by atoms with Gasteiger partial charge in [-0.05, 0) is 12.0 Å². The van der Waals surface area contributed by atoms with Gasteiger partial charge in [0, 0.05) is 6.92 Å². The van der Waals surface area contributed by atoms with Crippen molar-refractivity contribution in [3.63, 3.8) is 0 Å². The molecule has 1 aliphatic rings. The monoisotopic (exact) mass is 277 g/mol. The van der Waals surface area contributed by atoms with Gasteiger partial charge in [-0.3, -0.25) is 14.4 Å². The number of β-lactam (4-membered cyclic amide) rings is 1. The van der Waals surface area contributed by atoms with Crippen molar-refractivity contribution in [3.8, 4) is 0 Å². The highest BCUT2D eigenvalue weighted by Gasteiger charge is 2.44.